The molecule has 0 saturated heterocycles. The zero-order chi connectivity index (χ0) is 15.1. The highest BCUT2D eigenvalue weighted by molar-refractivity contribution is 5.95. The zero-order valence-electron chi connectivity index (χ0n) is 11.5. The number of urea groups is 1. The topological polar surface area (TPSA) is 93.7 Å². The predicted octanol–water partition coefficient (Wildman–Crippen LogP) is 0.616. The predicted molar refractivity (Wildman–Crippen MR) is 70.6 cm³/mol. The van der Waals surface area contributed by atoms with E-state index in [2.05, 4.69) is 15.4 Å². The maximum Gasteiger partial charge on any atom is 0.337 e. The minimum atomic E-state index is -0.612. The molecular weight excluding hydrogens is 264 g/mol. The van der Waals surface area contributed by atoms with Crippen LogP contribution in [0.1, 0.15) is 15.9 Å². The first kappa shape index (κ1) is 15.5. The lowest BCUT2D eigenvalue weighted by molar-refractivity contribution is -0.122. The van der Waals surface area contributed by atoms with Crippen LogP contribution in [0, 0.1) is 6.92 Å². The molecule has 0 spiro atoms. The van der Waals surface area contributed by atoms with E-state index in [-0.39, 0.29) is 6.61 Å². The summed E-state index contributed by atoms with van der Waals surface area (Å²) in [4.78, 5) is 33.7. The van der Waals surface area contributed by atoms with E-state index in [4.69, 9.17) is 4.74 Å². The average Bonchev–Trinajstić information content (AvgIpc) is 2.45. The summed E-state index contributed by atoms with van der Waals surface area (Å²) < 4.78 is 9.88. The number of carbonyl (C=O) groups is 3. The van der Waals surface area contributed by atoms with E-state index in [9.17, 15) is 14.4 Å². The van der Waals surface area contributed by atoms with Gasteiger partial charge in [0, 0.05) is 7.05 Å². The van der Waals surface area contributed by atoms with Crippen LogP contribution in [0.25, 0.3) is 0 Å². The number of hydrogen-bond donors (Lipinski definition) is 2. The third-order valence-electron chi connectivity index (χ3n) is 2.45. The normalized spacial score (nSPS) is 9.55. The summed E-state index contributed by atoms with van der Waals surface area (Å²) >= 11 is 0. The van der Waals surface area contributed by atoms with E-state index in [1.165, 1.54) is 20.2 Å². The molecule has 0 aliphatic carbocycles. The van der Waals surface area contributed by atoms with Crippen molar-refractivity contribution >= 4 is 17.9 Å². The lowest BCUT2D eigenvalue weighted by Crippen LogP contribution is -2.40. The smallest absolute Gasteiger partial charge is 0.337 e. The van der Waals surface area contributed by atoms with E-state index in [1.807, 2.05) is 0 Å². The van der Waals surface area contributed by atoms with Gasteiger partial charge in [0.15, 0.2) is 6.61 Å². The minimum Gasteiger partial charge on any atom is -0.483 e. The number of amides is 3. The van der Waals surface area contributed by atoms with E-state index in [0.29, 0.717) is 11.3 Å². The Morgan fingerprint density at radius 2 is 1.95 bits per heavy atom. The Hall–Kier alpha value is -2.57. The molecule has 0 bridgehead atoms. The van der Waals surface area contributed by atoms with Crippen molar-refractivity contribution in [3.05, 3.63) is 29.3 Å². The molecule has 108 valence electrons. The van der Waals surface area contributed by atoms with Gasteiger partial charge in [-0.15, -0.1) is 0 Å². The van der Waals surface area contributed by atoms with Crippen LogP contribution in [0.5, 0.6) is 5.75 Å². The van der Waals surface area contributed by atoms with Crippen LogP contribution < -0.4 is 15.4 Å². The Morgan fingerprint density at radius 3 is 2.55 bits per heavy atom. The molecule has 0 unspecified atom stereocenters. The number of benzene rings is 1. The van der Waals surface area contributed by atoms with Gasteiger partial charge < -0.3 is 14.8 Å². The summed E-state index contributed by atoms with van der Waals surface area (Å²) in [7, 11) is 2.67. The monoisotopic (exact) mass is 280 g/mol. The quantitative estimate of drug-likeness (QED) is 0.788. The van der Waals surface area contributed by atoms with Gasteiger partial charge in [0.05, 0.1) is 12.7 Å². The van der Waals surface area contributed by atoms with Gasteiger partial charge in [-0.1, -0.05) is 6.07 Å². The third kappa shape index (κ3) is 4.27. The van der Waals surface area contributed by atoms with E-state index in [0.717, 1.165) is 5.56 Å². The summed E-state index contributed by atoms with van der Waals surface area (Å²) in [5.74, 6) is -0.711. The second-order valence-electron chi connectivity index (χ2n) is 3.89. The fourth-order valence-electron chi connectivity index (χ4n) is 1.37. The van der Waals surface area contributed by atoms with Crippen LogP contribution in [0.3, 0.4) is 0 Å². The number of nitrogens with one attached hydrogen (secondary N) is 2. The highest BCUT2D eigenvalue weighted by atomic mass is 16.5. The van der Waals surface area contributed by atoms with Gasteiger partial charge in [-0.2, -0.15) is 0 Å². The molecule has 0 radical (unpaired) electrons. The van der Waals surface area contributed by atoms with Gasteiger partial charge in [-0.3, -0.25) is 10.1 Å². The summed E-state index contributed by atoms with van der Waals surface area (Å²) in [6.07, 6.45) is 0. The molecule has 1 aromatic carbocycles. The Morgan fingerprint density at radius 1 is 1.25 bits per heavy atom. The number of carbonyl (C=O) groups excluding carboxylic acids is 3. The van der Waals surface area contributed by atoms with Crippen LogP contribution >= 0.6 is 0 Å². The Labute approximate surface area is 116 Å². The van der Waals surface area contributed by atoms with Gasteiger partial charge in [-0.25, -0.2) is 9.59 Å². The highest BCUT2D eigenvalue weighted by Crippen LogP contribution is 2.20. The molecule has 0 aliphatic rings. The van der Waals surface area contributed by atoms with Crippen LogP contribution in [0.2, 0.25) is 0 Å². The van der Waals surface area contributed by atoms with Gasteiger partial charge in [0.1, 0.15) is 5.75 Å². The molecule has 0 saturated carbocycles. The molecule has 0 heterocycles. The molecular formula is C13H16N2O5. The SMILES string of the molecule is CNC(=O)NC(=O)COc1cc(C(=O)OC)ccc1C. The standard InChI is InChI=1S/C13H16N2O5/c1-8-4-5-9(12(17)19-3)6-10(8)20-7-11(16)15-13(18)14-2/h4-6H,7H2,1-3H3,(H2,14,15,16,18). The maximum atomic E-state index is 11.4. The molecule has 3 amide bonds. The lowest BCUT2D eigenvalue weighted by atomic mass is 10.1. The number of ether oxygens (including phenoxy) is 2. The van der Waals surface area contributed by atoms with Crippen molar-refractivity contribution in [2.45, 2.75) is 6.92 Å². The minimum absolute atomic E-state index is 0.319. The lowest BCUT2D eigenvalue weighted by Gasteiger charge is -2.10. The van der Waals surface area contributed by atoms with E-state index >= 15 is 0 Å². The molecule has 20 heavy (non-hydrogen) atoms. The first-order valence-corrected chi connectivity index (χ1v) is 5.81. The second kappa shape index (κ2) is 7.13. The number of rotatable bonds is 4. The number of methoxy groups -OCH3 is 1. The first-order chi connectivity index (χ1) is 9.47. The Kier molecular flexibility index (Phi) is 5.52. The third-order valence-corrected chi connectivity index (χ3v) is 2.45. The van der Waals surface area contributed by atoms with Crippen molar-refractivity contribution < 1.29 is 23.9 Å². The van der Waals surface area contributed by atoms with Gasteiger partial charge in [-0.05, 0) is 24.6 Å². The maximum absolute atomic E-state index is 11.4. The number of aryl methyl sites for hydroxylation is 1. The molecule has 0 fully saturated rings. The first-order valence-electron chi connectivity index (χ1n) is 5.81. The summed E-state index contributed by atoms with van der Waals surface area (Å²) in [6.45, 7) is 1.44. The summed E-state index contributed by atoms with van der Waals surface area (Å²) in [5, 5.41) is 4.31. The van der Waals surface area contributed by atoms with Crippen LogP contribution in [0.4, 0.5) is 4.79 Å². The highest BCUT2D eigenvalue weighted by Gasteiger charge is 2.11. The number of imide groups is 1. The molecule has 7 nitrogen and oxygen atoms in total. The number of esters is 1. The molecule has 0 aliphatic heterocycles. The van der Waals surface area contributed by atoms with Crippen LogP contribution in [-0.4, -0.2) is 38.7 Å². The van der Waals surface area contributed by atoms with Crippen molar-refractivity contribution in [3.8, 4) is 5.75 Å². The molecule has 7 heteroatoms. The van der Waals surface area contributed by atoms with Crippen molar-refractivity contribution in [2.24, 2.45) is 0 Å². The van der Waals surface area contributed by atoms with Gasteiger partial charge in [0.2, 0.25) is 0 Å². The summed E-state index contributed by atoms with van der Waals surface area (Å²) in [5.41, 5.74) is 1.07. The average molecular weight is 280 g/mol. The van der Waals surface area contributed by atoms with Crippen LogP contribution in [0.15, 0.2) is 18.2 Å². The molecule has 1 aromatic rings. The van der Waals surface area contributed by atoms with Crippen molar-refractivity contribution in [3.63, 3.8) is 0 Å². The molecule has 0 atom stereocenters. The van der Waals surface area contributed by atoms with Gasteiger partial charge >= 0.3 is 12.0 Å². The largest absolute Gasteiger partial charge is 0.483 e. The van der Waals surface area contributed by atoms with Crippen molar-refractivity contribution in [2.75, 3.05) is 20.8 Å². The Bertz CT molecular complexity index is 527. The Balaban J connectivity index is 2.70. The van der Waals surface area contributed by atoms with Gasteiger partial charge in [0.25, 0.3) is 5.91 Å². The van der Waals surface area contributed by atoms with Crippen molar-refractivity contribution in [1.82, 2.24) is 10.6 Å². The van der Waals surface area contributed by atoms with Crippen LogP contribution in [-0.2, 0) is 9.53 Å². The zero-order valence-corrected chi connectivity index (χ0v) is 11.5. The fraction of sp³-hybridized carbons (Fsp3) is 0.308. The molecule has 0 aromatic heterocycles. The number of hydrogen-bond acceptors (Lipinski definition) is 5. The summed E-state index contributed by atoms with van der Waals surface area (Å²) in [6, 6.07) is 4.14. The molecule has 1 rings (SSSR count). The van der Waals surface area contributed by atoms with E-state index in [1.54, 1.807) is 19.1 Å². The van der Waals surface area contributed by atoms with Crippen molar-refractivity contribution in [1.29, 1.82) is 0 Å². The fourth-order valence-corrected chi connectivity index (χ4v) is 1.37. The second-order valence-corrected chi connectivity index (χ2v) is 3.89. The molecule has 2 N–H and O–H groups in total. The van der Waals surface area contributed by atoms with E-state index < -0.39 is 17.9 Å².